The van der Waals surface area contributed by atoms with Gasteiger partial charge >= 0.3 is 0 Å². The van der Waals surface area contributed by atoms with Crippen LogP contribution in [0.1, 0.15) is 58.6 Å². The van der Waals surface area contributed by atoms with E-state index in [-0.39, 0.29) is 5.41 Å². The minimum Gasteiger partial charge on any atom is -0.383 e. The lowest BCUT2D eigenvalue weighted by Crippen LogP contribution is -2.46. The summed E-state index contributed by atoms with van der Waals surface area (Å²) in [6, 6.07) is 9.67. The Bertz CT molecular complexity index is 1620. The molecule has 216 valence electrons. The van der Waals surface area contributed by atoms with E-state index in [1.807, 2.05) is 26.1 Å². The highest BCUT2D eigenvalue weighted by atomic mass is 19.1. The number of anilines is 2. The largest absolute Gasteiger partial charge is 0.383 e. The first-order valence-electron chi connectivity index (χ1n) is 13.8. The van der Waals surface area contributed by atoms with Gasteiger partial charge in [-0.15, -0.1) is 5.53 Å². The van der Waals surface area contributed by atoms with Crippen LogP contribution in [0.5, 0.6) is 0 Å². The van der Waals surface area contributed by atoms with Crippen molar-refractivity contribution in [1.82, 2.24) is 21.0 Å². The zero-order valence-corrected chi connectivity index (χ0v) is 24.7. The Morgan fingerprint density at radius 3 is 2.52 bits per heavy atom. The molecule has 1 aliphatic carbocycles. The van der Waals surface area contributed by atoms with Crippen LogP contribution in [-0.2, 0) is 0 Å². The van der Waals surface area contributed by atoms with Crippen LogP contribution < -0.4 is 21.6 Å². The Morgan fingerprint density at radius 1 is 1.24 bits per heavy atom. The van der Waals surface area contributed by atoms with Crippen LogP contribution >= 0.6 is 0 Å². The molecule has 0 saturated heterocycles. The summed E-state index contributed by atoms with van der Waals surface area (Å²) in [4.78, 5) is 4.44. The second-order valence-electron chi connectivity index (χ2n) is 11.9. The number of alkyl halides is 1. The number of aromatic nitrogens is 1. The summed E-state index contributed by atoms with van der Waals surface area (Å²) in [5.41, 5.74) is 10.4. The minimum absolute atomic E-state index is 0.0632. The number of nitrogens with one attached hydrogen (secondary N) is 4. The van der Waals surface area contributed by atoms with Crippen molar-refractivity contribution in [3.63, 3.8) is 0 Å². The van der Waals surface area contributed by atoms with Gasteiger partial charge in [0.25, 0.3) is 0 Å². The van der Waals surface area contributed by atoms with Gasteiger partial charge in [-0.25, -0.2) is 4.39 Å². The Kier molecular flexibility index (Phi) is 8.56. The molecule has 0 spiro atoms. The molecule has 1 aromatic heterocycles. The summed E-state index contributed by atoms with van der Waals surface area (Å²) in [5, 5.41) is 39.0. The van der Waals surface area contributed by atoms with E-state index < -0.39 is 18.3 Å². The second-order valence-corrected chi connectivity index (χ2v) is 11.9. The number of halogens is 1. The van der Waals surface area contributed by atoms with E-state index in [0.29, 0.717) is 62.4 Å². The monoisotopic (exact) mass is 565 g/mol. The van der Waals surface area contributed by atoms with Crippen LogP contribution in [0, 0.1) is 39.4 Å². The highest BCUT2D eigenvalue weighted by Gasteiger charge is 2.49. The number of hydrogen-bond donors (Lipinski definition) is 4. The van der Waals surface area contributed by atoms with E-state index >= 15 is 0 Å². The van der Waals surface area contributed by atoms with Crippen LogP contribution in [0.3, 0.4) is 0 Å². The van der Waals surface area contributed by atoms with Crippen molar-refractivity contribution in [2.45, 2.75) is 59.0 Å². The van der Waals surface area contributed by atoms with Crippen LogP contribution in [-0.4, -0.2) is 34.8 Å². The van der Waals surface area contributed by atoms with E-state index in [4.69, 9.17) is 0 Å². The van der Waals surface area contributed by atoms with E-state index in [1.54, 1.807) is 23.2 Å². The van der Waals surface area contributed by atoms with E-state index in [9.17, 15) is 20.2 Å². The SMILES string of the molecule is C=C(/C(C)=C(C#N)\C=C/C)[C@H](Nc1cc(C#N)c2ncc(C#N)c(NCC(C)(C)C)c2c1)C1=CN(C2(CF)CC2)NN1. The molecule has 4 N–H and O–H groups in total. The number of nitriles is 3. The molecule has 1 saturated carbocycles. The van der Waals surface area contributed by atoms with Crippen molar-refractivity contribution >= 4 is 22.3 Å². The lowest BCUT2D eigenvalue weighted by atomic mass is 9.94. The summed E-state index contributed by atoms with van der Waals surface area (Å²) in [7, 11) is 0. The highest BCUT2D eigenvalue weighted by molar-refractivity contribution is 5.99. The quantitative estimate of drug-likeness (QED) is 0.206. The molecule has 0 bridgehead atoms. The molecule has 0 amide bonds. The summed E-state index contributed by atoms with van der Waals surface area (Å²) in [5.74, 6) is 0. The fourth-order valence-corrected chi connectivity index (χ4v) is 4.74. The van der Waals surface area contributed by atoms with E-state index in [1.165, 1.54) is 6.20 Å². The zero-order chi connectivity index (χ0) is 30.7. The number of hydrogen-bond acceptors (Lipinski definition) is 9. The summed E-state index contributed by atoms with van der Waals surface area (Å²) in [6.07, 6.45) is 8.29. The fourth-order valence-electron chi connectivity index (χ4n) is 4.74. The fraction of sp³-hybridized carbons (Fsp3) is 0.375. The van der Waals surface area contributed by atoms with E-state index in [0.717, 1.165) is 12.8 Å². The van der Waals surface area contributed by atoms with Gasteiger partial charge in [0.2, 0.25) is 0 Å². The van der Waals surface area contributed by atoms with Gasteiger partial charge in [0, 0.05) is 30.0 Å². The van der Waals surface area contributed by atoms with Crippen molar-refractivity contribution in [2.24, 2.45) is 5.41 Å². The predicted molar refractivity (Wildman–Crippen MR) is 163 cm³/mol. The maximum Gasteiger partial charge on any atom is 0.114 e. The van der Waals surface area contributed by atoms with E-state index in [2.05, 4.69) is 72.1 Å². The highest BCUT2D eigenvalue weighted by Crippen LogP contribution is 2.43. The number of hydrazine groups is 2. The first kappa shape index (κ1) is 30.1. The van der Waals surface area contributed by atoms with Gasteiger partial charge in [0.05, 0.1) is 51.3 Å². The smallest absolute Gasteiger partial charge is 0.114 e. The van der Waals surface area contributed by atoms with Crippen LogP contribution in [0.15, 0.2) is 65.7 Å². The predicted octanol–water partition coefficient (Wildman–Crippen LogP) is 5.86. The van der Waals surface area contributed by atoms with Gasteiger partial charge in [-0.1, -0.05) is 33.4 Å². The van der Waals surface area contributed by atoms with Crippen molar-refractivity contribution in [3.8, 4) is 18.2 Å². The first-order valence-corrected chi connectivity index (χ1v) is 13.8. The molecule has 2 aliphatic rings. The maximum absolute atomic E-state index is 13.9. The van der Waals surface area contributed by atoms with Gasteiger partial charge in [-0.3, -0.25) is 9.99 Å². The number of fused-ring (bicyclic) bond motifs is 1. The Hall–Kier alpha value is -4.85. The van der Waals surface area contributed by atoms with Gasteiger partial charge in [0.1, 0.15) is 18.8 Å². The molecule has 4 rings (SSSR count). The van der Waals surface area contributed by atoms with Crippen LogP contribution in [0.2, 0.25) is 0 Å². The zero-order valence-electron chi connectivity index (χ0n) is 24.7. The van der Waals surface area contributed by atoms with Crippen molar-refractivity contribution in [2.75, 3.05) is 23.9 Å². The molecule has 1 aliphatic heterocycles. The molecule has 10 heteroatoms. The van der Waals surface area contributed by atoms with Gasteiger partial charge in [0.15, 0.2) is 0 Å². The molecule has 0 radical (unpaired) electrons. The van der Waals surface area contributed by atoms with Gasteiger partial charge < -0.3 is 16.1 Å². The summed E-state index contributed by atoms with van der Waals surface area (Å²) >= 11 is 0. The lowest BCUT2D eigenvalue weighted by molar-refractivity contribution is 0.146. The molecular formula is C32H36FN9. The average molecular weight is 566 g/mol. The molecule has 0 unspecified atom stereocenters. The average Bonchev–Trinajstić information content (AvgIpc) is 3.63. The lowest BCUT2D eigenvalue weighted by Gasteiger charge is -2.25. The molecular weight excluding hydrogens is 529 g/mol. The third kappa shape index (κ3) is 6.07. The molecule has 2 aromatic rings. The minimum atomic E-state index is -0.585. The Morgan fingerprint density at radius 2 is 1.95 bits per heavy atom. The van der Waals surface area contributed by atoms with Gasteiger partial charge in [-0.05, 0) is 61.5 Å². The summed E-state index contributed by atoms with van der Waals surface area (Å²) < 4.78 is 13.9. The molecule has 9 nitrogen and oxygen atoms in total. The Balaban J connectivity index is 1.84. The standard InChI is InChI=1S/C32H36FN9/c1-7-8-22(13-34)20(2)21(3)28(27-17-42(41-40-27)32(18-33)9-10-32)39-25-11-23(14-35)29-26(12-25)30(24(15-36)16-37-29)38-19-31(4,5)6/h7-8,11-12,16-17,28,39-41H,3,9-10,18-19H2,1-2,4-6H3,(H,37,38)/b8-7-,22-20+/t28-/m0/s1. The molecule has 2 heterocycles. The third-order valence-electron chi connectivity index (χ3n) is 7.49. The summed E-state index contributed by atoms with van der Waals surface area (Å²) in [6.45, 7) is 14.4. The van der Waals surface area contributed by atoms with Crippen LogP contribution in [0.25, 0.3) is 10.9 Å². The number of nitrogens with zero attached hydrogens (tertiary/aromatic N) is 5. The van der Waals surface area contributed by atoms with Crippen molar-refractivity contribution in [1.29, 1.82) is 15.8 Å². The van der Waals surface area contributed by atoms with Gasteiger partial charge in [-0.2, -0.15) is 15.8 Å². The molecule has 1 fully saturated rings. The number of allylic oxidation sites excluding steroid dienone is 3. The number of pyridine rings is 1. The third-order valence-corrected chi connectivity index (χ3v) is 7.49. The first-order chi connectivity index (χ1) is 20.0. The normalized spacial score (nSPS) is 16.9. The number of rotatable bonds is 10. The van der Waals surface area contributed by atoms with Crippen LogP contribution in [0.4, 0.5) is 15.8 Å². The number of benzene rings is 1. The topological polar surface area (TPSA) is 136 Å². The van der Waals surface area contributed by atoms with Crippen molar-refractivity contribution < 1.29 is 4.39 Å². The maximum atomic E-state index is 13.9. The molecule has 1 atom stereocenters. The second kappa shape index (κ2) is 11.9. The van der Waals surface area contributed by atoms with Crippen molar-refractivity contribution in [3.05, 3.63) is 76.8 Å². The molecule has 42 heavy (non-hydrogen) atoms. The molecule has 1 aromatic carbocycles. The Labute approximate surface area is 246 Å².